The number of halogens is 1. The SMILES string of the molecule is CS(=O)(=O)Cc1nc2ccccc2n1CC(=O)Nc1ccc(=O)n(Cc2ccccc2Cl)c1. The molecule has 170 valence electrons. The molecule has 0 unspecified atom stereocenters. The Morgan fingerprint density at radius 2 is 1.79 bits per heavy atom. The number of para-hydroxylation sites is 2. The van der Waals surface area contributed by atoms with E-state index in [1.807, 2.05) is 18.2 Å². The third-order valence-corrected chi connectivity index (χ3v) is 6.14. The van der Waals surface area contributed by atoms with Gasteiger partial charge in [0.05, 0.1) is 23.3 Å². The van der Waals surface area contributed by atoms with Crippen LogP contribution in [-0.4, -0.2) is 34.7 Å². The fourth-order valence-corrected chi connectivity index (χ4v) is 4.41. The average molecular weight is 485 g/mol. The zero-order valence-electron chi connectivity index (χ0n) is 17.7. The molecule has 0 aliphatic heterocycles. The average Bonchev–Trinajstić information content (AvgIpc) is 3.07. The molecule has 4 aromatic rings. The monoisotopic (exact) mass is 484 g/mol. The van der Waals surface area contributed by atoms with E-state index < -0.39 is 9.84 Å². The van der Waals surface area contributed by atoms with E-state index in [2.05, 4.69) is 10.3 Å². The molecule has 10 heteroatoms. The predicted octanol–water partition coefficient (Wildman–Crippen LogP) is 3.08. The van der Waals surface area contributed by atoms with Crippen molar-refractivity contribution in [3.8, 4) is 0 Å². The number of anilines is 1. The fourth-order valence-electron chi connectivity index (χ4n) is 3.53. The van der Waals surface area contributed by atoms with Crippen molar-refractivity contribution in [1.29, 1.82) is 0 Å². The van der Waals surface area contributed by atoms with Gasteiger partial charge >= 0.3 is 0 Å². The summed E-state index contributed by atoms with van der Waals surface area (Å²) in [7, 11) is -3.35. The Morgan fingerprint density at radius 1 is 1.06 bits per heavy atom. The van der Waals surface area contributed by atoms with Crippen molar-refractivity contribution in [1.82, 2.24) is 14.1 Å². The number of hydrogen-bond acceptors (Lipinski definition) is 5. The summed E-state index contributed by atoms with van der Waals surface area (Å²) in [5, 5.41) is 3.32. The number of imidazole rings is 1. The number of nitrogens with zero attached hydrogens (tertiary/aromatic N) is 3. The Bertz CT molecular complexity index is 1510. The van der Waals surface area contributed by atoms with Gasteiger partial charge < -0.3 is 14.5 Å². The zero-order chi connectivity index (χ0) is 23.6. The Labute approximate surface area is 195 Å². The molecule has 1 N–H and O–H groups in total. The van der Waals surface area contributed by atoms with Gasteiger partial charge in [0.25, 0.3) is 5.56 Å². The summed E-state index contributed by atoms with van der Waals surface area (Å²) < 4.78 is 26.8. The Hall–Kier alpha value is -3.43. The molecule has 4 rings (SSSR count). The summed E-state index contributed by atoms with van der Waals surface area (Å²) in [6.45, 7) is 0.127. The summed E-state index contributed by atoms with van der Waals surface area (Å²) in [6.07, 6.45) is 2.67. The minimum absolute atomic E-state index is 0.130. The lowest BCUT2D eigenvalue weighted by atomic mass is 10.2. The minimum atomic E-state index is -3.35. The van der Waals surface area contributed by atoms with Gasteiger partial charge in [-0.3, -0.25) is 9.59 Å². The second-order valence-corrected chi connectivity index (χ2v) is 10.2. The van der Waals surface area contributed by atoms with Crippen LogP contribution in [0.5, 0.6) is 0 Å². The summed E-state index contributed by atoms with van der Waals surface area (Å²) in [5.74, 6) is -0.370. The summed E-state index contributed by atoms with van der Waals surface area (Å²) in [5.41, 5.74) is 2.25. The van der Waals surface area contributed by atoms with Crippen molar-refractivity contribution in [2.75, 3.05) is 11.6 Å². The molecular formula is C23H21ClN4O4S. The highest BCUT2D eigenvalue weighted by Gasteiger charge is 2.17. The van der Waals surface area contributed by atoms with E-state index in [4.69, 9.17) is 11.6 Å². The maximum atomic E-state index is 12.8. The second kappa shape index (κ2) is 9.21. The number of amides is 1. The Kier molecular flexibility index (Phi) is 6.35. The quantitative estimate of drug-likeness (QED) is 0.434. The van der Waals surface area contributed by atoms with E-state index in [9.17, 15) is 18.0 Å². The van der Waals surface area contributed by atoms with Gasteiger partial charge in [-0.1, -0.05) is 41.9 Å². The topological polar surface area (TPSA) is 103 Å². The first kappa shape index (κ1) is 22.8. The molecule has 0 radical (unpaired) electrons. The predicted molar refractivity (Wildman–Crippen MR) is 128 cm³/mol. The van der Waals surface area contributed by atoms with Crippen molar-refractivity contribution in [2.45, 2.75) is 18.8 Å². The Morgan fingerprint density at radius 3 is 2.55 bits per heavy atom. The van der Waals surface area contributed by atoms with Gasteiger partial charge in [0.15, 0.2) is 9.84 Å². The third-order valence-electron chi connectivity index (χ3n) is 4.99. The van der Waals surface area contributed by atoms with Crippen LogP contribution in [0.4, 0.5) is 5.69 Å². The van der Waals surface area contributed by atoms with Crippen LogP contribution in [0.2, 0.25) is 5.02 Å². The molecule has 2 aromatic carbocycles. The number of aromatic nitrogens is 3. The highest BCUT2D eigenvalue weighted by Crippen LogP contribution is 2.19. The number of fused-ring (bicyclic) bond motifs is 1. The van der Waals surface area contributed by atoms with Crippen LogP contribution in [0.25, 0.3) is 11.0 Å². The van der Waals surface area contributed by atoms with Crippen LogP contribution in [0, 0.1) is 0 Å². The normalized spacial score (nSPS) is 11.6. The first-order valence-corrected chi connectivity index (χ1v) is 12.5. The number of sulfone groups is 1. The molecule has 0 fully saturated rings. The van der Waals surface area contributed by atoms with Gasteiger partial charge in [-0.2, -0.15) is 0 Å². The maximum absolute atomic E-state index is 12.8. The molecule has 0 spiro atoms. The molecule has 0 bridgehead atoms. The second-order valence-electron chi connectivity index (χ2n) is 7.70. The Balaban J connectivity index is 1.57. The van der Waals surface area contributed by atoms with Gasteiger partial charge in [-0.05, 0) is 29.8 Å². The lowest BCUT2D eigenvalue weighted by molar-refractivity contribution is -0.116. The molecular weight excluding hydrogens is 464 g/mol. The first-order valence-electron chi connectivity index (χ1n) is 10.1. The van der Waals surface area contributed by atoms with Gasteiger partial charge in [0.1, 0.15) is 18.1 Å². The molecule has 0 saturated heterocycles. The standard InChI is InChI=1S/C23H21ClN4O4S/c1-33(31,32)15-21-26-19-8-4-5-9-20(19)28(21)14-22(29)25-17-10-11-23(30)27(13-17)12-16-6-2-3-7-18(16)24/h2-11,13H,12,14-15H2,1H3,(H,25,29). The van der Waals surface area contributed by atoms with E-state index in [0.717, 1.165) is 11.8 Å². The van der Waals surface area contributed by atoms with Crippen molar-refractivity contribution < 1.29 is 13.2 Å². The number of pyridine rings is 1. The van der Waals surface area contributed by atoms with Crippen LogP contribution in [0.1, 0.15) is 11.4 Å². The molecule has 2 aromatic heterocycles. The number of rotatable bonds is 7. The van der Waals surface area contributed by atoms with E-state index in [1.54, 1.807) is 41.1 Å². The summed E-state index contributed by atoms with van der Waals surface area (Å²) >= 11 is 6.20. The van der Waals surface area contributed by atoms with E-state index in [-0.39, 0.29) is 36.1 Å². The van der Waals surface area contributed by atoms with Crippen LogP contribution < -0.4 is 10.9 Å². The van der Waals surface area contributed by atoms with Crippen molar-refractivity contribution in [3.63, 3.8) is 0 Å². The summed E-state index contributed by atoms with van der Waals surface area (Å²) in [6, 6.07) is 17.3. The smallest absolute Gasteiger partial charge is 0.250 e. The summed E-state index contributed by atoms with van der Waals surface area (Å²) in [4.78, 5) is 29.5. The van der Waals surface area contributed by atoms with Gasteiger partial charge in [0, 0.05) is 23.5 Å². The molecule has 0 atom stereocenters. The minimum Gasteiger partial charge on any atom is -0.323 e. The highest BCUT2D eigenvalue weighted by molar-refractivity contribution is 7.89. The molecule has 8 nitrogen and oxygen atoms in total. The van der Waals surface area contributed by atoms with Gasteiger partial charge in [0.2, 0.25) is 5.91 Å². The lowest BCUT2D eigenvalue weighted by Crippen LogP contribution is -2.24. The number of nitrogens with one attached hydrogen (secondary N) is 1. The largest absolute Gasteiger partial charge is 0.323 e. The van der Waals surface area contributed by atoms with Crippen LogP contribution in [0.3, 0.4) is 0 Å². The molecule has 33 heavy (non-hydrogen) atoms. The van der Waals surface area contributed by atoms with Crippen molar-refractivity contribution >= 4 is 44.1 Å². The van der Waals surface area contributed by atoms with Gasteiger partial charge in [-0.25, -0.2) is 13.4 Å². The van der Waals surface area contributed by atoms with Crippen LogP contribution >= 0.6 is 11.6 Å². The number of carbonyl (C=O) groups is 1. The maximum Gasteiger partial charge on any atom is 0.250 e. The van der Waals surface area contributed by atoms with E-state index in [0.29, 0.717) is 21.7 Å². The highest BCUT2D eigenvalue weighted by atomic mass is 35.5. The van der Waals surface area contributed by atoms with E-state index >= 15 is 0 Å². The zero-order valence-corrected chi connectivity index (χ0v) is 19.3. The van der Waals surface area contributed by atoms with Crippen LogP contribution in [0.15, 0.2) is 71.7 Å². The molecule has 0 saturated carbocycles. The van der Waals surface area contributed by atoms with Crippen LogP contribution in [-0.2, 0) is 33.5 Å². The van der Waals surface area contributed by atoms with Gasteiger partial charge in [-0.15, -0.1) is 0 Å². The molecule has 0 aliphatic rings. The lowest BCUT2D eigenvalue weighted by Gasteiger charge is -2.12. The van der Waals surface area contributed by atoms with Crippen molar-refractivity contribution in [3.05, 3.63) is 93.6 Å². The van der Waals surface area contributed by atoms with E-state index in [1.165, 1.54) is 16.7 Å². The molecule has 1 amide bonds. The first-order chi connectivity index (χ1) is 15.7. The number of hydrogen-bond donors (Lipinski definition) is 1. The molecule has 0 aliphatic carbocycles. The van der Waals surface area contributed by atoms with Crippen molar-refractivity contribution in [2.24, 2.45) is 0 Å². The number of carbonyl (C=O) groups excluding carboxylic acids is 1. The fraction of sp³-hybridized carbons (Fsp3) is 0.174. The number of benzene rings is 2. The third kappa shape index (κ3) is 5.50. The molecule has 2 heterocycles.